The maximum Gasteiger partial charge on any atom is 0.157 e. The highest BCUT2D eigenvalue weighted by molar-refractivity contribution is 5.82. The molecule has 1 aliphatic rings. The molecule has 0 amide bonds. The summed E-state index contributed by atoms with van der Waals surface area (Å²) in [6.07, 6.45) is 0.728. The average molecular weight is 172 g/mol. The number of ketones is 1. The Hall–Kier alpha value is -0.410. The van der Waals surface area contributed by atoms with E-state index in [9.17, 15) is 4.79 Å². The molecule has 0 aromatic heterocycles. The lowest BCUT2D eigenvalue weighted by atomic mass is 9.88. The molecular formula is C9H16O3. The van der Waals surface area contributed by atoms with Gasteiger partial charge in [-0.25, -0.2) is 0 Å². The van der Waals surface area contributed by atoms with E-state index in [1.165, 1.54) is 0 Å². The van der Waals surface area contributed by atoms with Crippen LogP contribution in [0.2, 0.25) is 0 Å². The third kappa shape index (κ3) is 1.84. The van der Waals surface area contributed by atoms with Crippen molar-refractivity contribution in [2.45, 2.75) is 33.5 Å². The van der Waals surface area contributed by atoms with Gasteiger partial charge in [-0.1, -0.05) is 6.92 Å². The first-order valence-corrected chi connectivity index (χ1v) is 4.33. The fourth-order valence-corrected chi connectivity index (χ4v) is 1.08. The van der Waals surface area contributed by atoms with Crippen LogP contribution in [0.3, 0.4) is 0 Å². The first kappa shape index (κ1) is 9.68. The van der Waals surface area contributed by atoms with E-state index in [0.717, 1.165) is 6.42 Å². The predicted molar refractivity (Wildman–Crippen MR) is 44.8 cm³/mol. The van der Waals surface area contributed by atoms with Crippen LogP contribution in [-0.2, 0) is 14.3 Å². The van der Waals surface area contributed by atoms with Crippen molar-refractivity contribution in [1.82, 2.24) is 0 Å². The van der Waals surface area contributed by atoms with Crippen LogP contribution in [0.15, 0.2) is 0 Å². The van der Waals surface area contributed by atoms with Crippen LogP contribution >= 0.6 is 0 Å². The zero-order chi connectivity index (χ0) is 9.19. The zero-order valence-electron chi connectivity index (χ0n) is 7.92. The van der Waals surface area contributed by atoms with Gasteiger partial charge in [-0.3, -0.25) is 4.79 Å². The first-order chi connectivity index (χ1) is 5.58. The summed E-state index contributed by atoms with van der Waals surface area (Å²) in [4.78, 5) is 11.2. The summed E-state index contributed by atoms with van der Waals surface area (Å²) < 4.78 is 10.7. The van der Waals surface area contributed by atoms with E-state index < -0.39 is 5.41 Å². The highest BCUT2D eigenvalue weighted by Gasteiger charge is 2.36. The lowest BCUT2D eigenvalue weighted by molar-refractivity contribution is -0.222. The van der Waals surface area contributed by atoms with Gasteiger partial charge in [0.1, 0.15) is 5.78 Å². The Morgan fingerprint density at radius 3 is 2.33 bits per heavy atom. The molecule has 0 spiro atoms. The maximum atomic E-state index is 11.2. The molecule has 1 saturated heterocycles. The van der Waals surface area contributed by atoms with Crippen molar-refractivity contribution in [2.24, 2.45) is 5.41 Å². The molecule has 0 unspecified atom stereocenters. The Labute approximate surface area is 73.0 Å². The van der Waals surface area contributed by atoms with Crippen molar-refractivity contribution < 1.29 is 14.3 Å². The molecule has 0 saturated carbocycles. The van der Waals surface area contributed by atoms with Gasteiger partial charge in [0, 0.05) is 0 Å². The molecule has 70 valence electrons. The van der Waals surface area contributed by atoms with E-state index in [2.05, 4.69) is 0 Å². The van der Waals surface area contributed by atoms with Gasteiger partial charge >= 0.3 is 0 Å². The summed E-state index contributed by atoms with van der Waals surface area (Å²) >= 11 is 0. The van der Waals surface area contributed by atoms with Crippen molar-refractivity contribution in [3.8, 4) is 0 Å². The third-order valence-electron chi connectivity index (χ3n) is 2.36. The Morgan fingerprint density at radius 2 is 2.00 bits per heavy atom. The maximum absolute atomic E-state index is 11.2. The summed E-state index contributed by atoms with van der Waals surface area (Å²) in [7, 11) is 0. The van der Waals surface area contributed by atoms with Crippen molar-refractivity contribution in [3.05, 3.63) is 0 Å². The minimum atomic E-state index is -0.425. The van der Waals surface area contributed by atoms with Crippen LogP contribution in [0.4, 0.5) is 0 Å². The lowest BCUT2D eigenvalue weighted by Gasteiger charge is -2.35. The number of Topliss-reactive ketones (excluding diaryl/α,β-unsaturated/α-hetero) is 1. The minimum Gasteiger partial charge on any atom is -0.352 e. The molecule has 1 heterocycles. The standard InChI is InChI=1S/C9H16O3/c1-4-8-11-5-9(3,6-12-8)7(2)10/h8H,4-6H2,1-3H3. The average Bonchev–Trinajstić information content (AvgIpc) is 2.06. The van der Waals surface area contributed by atoms with Crippen molar-refractivity contribution in [1.29, 1.82) is 0 Å². The van der Waals surface area contributed by atoms with Crippen molar-refractivity contribution in [3.63, 3.8) is 0 Å². The number of hydrogen-bond acceptors (Lipinski definition) is 3. The van der Waals surface area contributed by atoms with E-state index >= 15 is 0 Å². The Kier molecular flexibility index (Phi) is 2.85. The number of ether oxygens (including phenoxy) is 2. The molecule has 0 aromatic carbocycles. The van der Waals surface area contributed by atoms with Crippen LogP contribution < -0.4 is 0 Å². The third-order valence-corrected chi connectivity index (χ3v) is 2.36. The summed E-state index contributed by atoms with van der Waals surface area (Å²) in [6, 6.07) is 0. The summed E-state index contributed by atoms with van der Waals surface area (Å²) in [6.45, 7) is 6.43. The molecular weight excluding hydrogens is 156 g/mol. The molecule has 0 N–H and O–H groups in total. The van der Waals surface area contributed by atoms with E-state index in [4.69, 9.17) is 9.47 Å². The van der Waals surface area contributed by atoms with Crippen LogP contribution in [-0.4, -0.2) is 25.3 Å². The Balaban J connectivity index is 2.49. The van der Waals surface area contributed by atoms with Gasteiger partial charge in [0.15, 0.2) is 6.29 Å². The fraction of sp³-hybridized carbons (Fsp3) is 0.889. The van der Waals surface area contributed by atoms with Gasteiger partial charge < -0.3 is 9.47 Å². The van der Waals surface area contributed by atoms with Gasteiger partial charge in [0.2, 0.25) is 0 Å². The van der Waals surface area contributed by atoms with Gasteiger partial charge in [0.05, 0.1) is 18.6 Å². The van der Waals surface area contributed by atoms with Crippen LogP contribution in [0.5, 0.6) is 0 Å². The minimum absolute atomic E-state index is 0.113. The summed E-state index contributed by atoms with van der Waals surface area (Å²) in [5, 5.41) is 0. The highest BCUT2D eigenvalue weighted by Crippen LogP contribution is 2.25. The smallest absolute Gasteiger partial charge is 0.157 e. The molecule has 1 rings (SSSR count). The number of carbonyl (C=O) groups excluding carboxylic acids is 1. The zero-order valence-corrected chi connectivity index (χ0v) is 7.92. The van der Waals surface area contributed by atoms with E-state index in [1.807, 2.05) is 13.8 Å². The van der Waals surface area contributed by atoms with E-state index in [-0.39, 0.29) is 12.1 Å². The lowest BCUT2D eigenvalue weighted by Crippen LogP contribution is -2.43. The Bertz CT molecular complexity index is 169. The predicted octanol–water partition coefficient (Wildman–Crippen LogP) is 1.36. The first-order valence-electron chi connectivity index (χ1n) is 4.33. The fourth-order valence-electron chi connectivity index (χ4n) is 1.08. The van der Waals surface area contributed by atoms with Crippen molar-refractivity contribution >= 4 is 5.78 Å². The topological polar surface area (TPSA) is 35.5 Å². The summed E-state index contributed by atoms with van der Waals surface area (Å²) in [5.74, 6) is 0.136. The quantitative estimate of drug-likeness (QED) is 0.631. The van der Waals surface area contributed by atoms with Gasteiger partial charge in [-0.15, -0.1) is 0 Å². The van der Waals surface area contributed by atoms with E-state index in [0.29, 0.717) is 13.2 Å². The second-order valence-electron chi connectivity index (χ2n) is 3.58. The van der Waals surface area contributed by atoms with Gasteiger partial charge in [-0.05, 0) is 20.3 Å². The molecule has 0 radical (unpaired) electrons. The largest absolute Gasteiger partial charge is 0.352 e. The molecule has 1 aliphatic heterocycles. The number of carbonyl (C=O) groups is 1. The van der Waals surface area contributed by atoms with Crippen LogP contribution in [0.1, 0.15) is 27.2 Å². The molecule has 0 atom stereocenters. The second-order valence-corrected chi connectivity index (χ2v) is 3.58. The van der Waals surface area contributed by atoms with Gasteiger partial charge in [-0.2, -0.15) is 0 Å². The second kappa shape index (κ2) is 3.54. The molecule has 0 aliphatic carbocycles. The van der Waals surface area contributed by atoms with Gasteiger partial charge in [0.25, 0.3) is 0 Å². The molecule has 3 nitrogen and oxygen atoms in total. The van der Waals surface area contributed by atoms with Crippen LogP contribution in [0.25, 0.3) is 0 Å². The highest BCUT2D eigenvalue weighted by atomic mass is 16.7. The Morgan fingerprint density at radius 1 is 1.50 bits per heavy atom. The molecule has 1 fully saturated rings. The molecule has 3 heteroatoms. The van der Waals surface area contributed by atoms with Crippen molar-refractivity contribution in [2.75, 3.05) is 13.2 Å². The normalized spacial score (nSPS) is 36.4. The number of hydrogen-bond donors (Lipinski definition) is 0. The number of rotatable bonds is 2. The molecule has 12 heavy (non-hydrogen) atoms. The molecule has 0 aromatic rings. The van der Waals surface area contributed by atoms with Crippen LogP contribution in [0, 0.1) is 5.41 Å². The SMILES string of the molecule is CCC1OCC(C)(C(C)=O)CO1. The van der Waals surface area contributed by atoms with E-state index in [1.54, 1.807) is 6.92 Å². The summed E-state index contributed by atoms with van der Waals surface area (Å²) in [5.41, 5.74) is -0.425. The monoisotopic (exact) mass is 172 g/mol. The molecule has 0 bridgehead atoms.